The van der Waals surface area contributed by atoms with Gasteiger partial charge in [0, 0.05) is 4.47 Å². The van der Waals surface area contributed by atoms with Crippen molar-refractivity contribution in [2.75, 3.05) is 0 Å². The predicted molar refractivity (Wildman–Crippen MR) is 79.3 cm³/mol. The second-order valence-electron chi connectivity index (χ2n) is 4.77. The maximum atomic E-state index is 12.1. The van der Waals surface area contributed by atoms with Crippen LogP contribution in [0.4, 0.5) is 0 Å². The molecule has 0 radical (unpaired) electrons. The van der Waals surface area contributed by atoms with Gasteiger partial charge < -0.3 is 5.32 Å². The maximum absolute atomic E-state index is 12.1. The fraction of sp³-hybridized carbons (Fsp3) is 0.467. The van der Waals surface area contributed by atoms with Gasteiger partial charge in [0.25, 0.3) is 0 Å². The van der Waals surface area contributed by atoms with Crippen LogP contribution in [-0.4, -0.2) is 5.91 Å². The molecule has 3 nitrogen and oxygen atoms in total. The SMILES string of the molecule is CCC(C)C(C#N)C(=O)NC(C)c1ccc(Br)cc1. The average Bonchev–Trinajstić information content (AvgIpc) is 2.39. The maximum Gasteiger partial charge on any atom is 0.238 e. The first kappa shape index (κ1) is 15.7. The van der Waals surface area contributed by atoms with Crippen LogP contribution in [-0.2, 0) is 4.79 Å². The fourth-order valence-electron chi connectivity index (χ4n) is 1.82. The summed E-state index contributed by atoms with van der Waals surface area (Å²) >= 11 is 3.38. The Morgan fingerprint density at radius 1 is 1.37 bits per heavy atom. The zero-order chi connectivity index (χ0) is 14.4. The summed E-state index contributed by atoms with van der Waals surface area (Å²) in [6.07, 6.45) is 0.818. The quantitative estimate of drug-likeness (QED) is 0.896. The molecule has 0 aliphatic heterocycles. The first-order valence-corrected chi connectivity index (χ1v) is 7.24. The molecule has 0 spiro atoms. The van der Waals surface area contributed by atoms with E-state index < -0.39 is 5.92 Å². The Morgan fingerprint density at radius 2 is 1.95 bits per heavy atom. The first-order chi connectivity index (χ1) is 8.99. The summed E-state index contributed by atoms with van der Waals surface area (Å²) in [5.41, 5.74) is 1.03. The Kier molecular flexibility index (Phi) is 6.04. The van der Waals surface area contributed by atoms with Gasteiger partial charge in [-0.15, -0.1) is 0 Å². The topological polar surface area (TPSA) is 52.9 Å². The molecule has 1 N–H and O–H groups in total. The molecule has 1 amide bonds. The Morgan fingerprint density at radius 3 is 2.42 bits per heavy atom. The number of hydrogen-bond acceptors (Lipinski definition) is 2. The number of nitriles is 1. The molecule has 0 aromatic heterocycles. The fourth-order valence-corrected chi connectivity index (χ4v) is 2.08. The molecule has 0 bridgehead atoms. The van der Waals surface area contributed by atoms with E-state index in [0.717, 1.165) is 16.5 Å². The van der Waals surface area contributed by atoms with Crippen molar-refractivity contribution in [2.45, 2.75) is 33.2 Å². The van der Waals surface area contributed by atoms with Crippen molar-refractivity contribution in [3.8, 4) is 6.07 Å². The van der Waals surface area contributed by atoms with Crippen molar-refractivity contribution in [3.05, 3.63) is 34.3 Å². The van der Waals surface area contributed by atoms with E-state index in [9.17, 15) is 4.79 Å². The second kappa shape index (κ2) is 7.30. The first-order valence-electron chi connectivity index (χ1n) is 6.45. The molecule has 3 atom stereocenters. The van der Waals surface area contributed by atoms with Gasteiger partial charge in [0.05, 0.1) is 12.1 Å². The molecular weight excluding hydrogens is 304 g/mol. The van der Waals surface area contributed by atoms with E-state index in [4.69, 9.17) is 5.26 Å². The molecule has 1 aromatic carbocycles. The van der Waals surface area contributed by atoms with Gasteiger partial charge in [-0.3, -0.25) is 4.79 Å². The highest BCUT2D eigenvalue weighted by Gasteiger charge is 2.24. The third kappa shape index (κ3) is 4.36. The summed E-state index contributed by atoms with van der Waals surface area (Å²) in [7, 11) is 0. The lowest BCUT2D eigenvalue weighted by molar-refractivity contribution is -0.125. The summed E-state index contributed by atoms with van der Waals surface area (Å²) in [5.74, 6) is -0.697. The van der Waals surface area contributed by atoms with Crippen molar-refractivity contribution in [1.29, 1.82) is 5.26 Å². The molecular formula is C15H19BrN2O. The zero-order valence-electron chi connectivity index (χ0n) is 11.5. The molecule has 102 valence electrons. The Labute approximate surface area is 123 Å². The van der Waals surface area contributed by atoms with E-state index >= 15 is 0 Å². The number of halogens is 1. The van der Waals surface area contributed by atoms with E-state index in [1.54, 1.807) is 0 Å². The number of benzene rings is 1. The molecule has 0 aliphatic carbocycles. The molecule has 0 aliphatic rings. The Balaban J connectivity index is 2.71. The molecule has 3 unspecified atom stereocenters. The molecule has 1 aromatic rings. The number of hydrogen-bond donors (Lipinski definition) is 1. The van der Waals surface area contributed by atoms with Crippen LogP contribution in [0.2, 0.25) is 0 Å². The van der Waals surface area contributed by atoms with E-state index in [1.165, 1.54) is 0 Å². The molecule has 19 heavy (non-hydrogen) atoms. The van der Waals surface area contributed by atoms with Crippen LogP contribution in [0.5, 0.6) is 0 Å². The van der Waals surface area contributed by atoms with Crippen LogP contribution >= 0.6 is 15.9 Å². The third-order valence-electron chi connectivity index (χ3n) is 3.36. The average molecular weight is 323 g/mol. The lowest BCUT2D eigenvalue weighted by Gasteiger charge is -2.19. The summed E-state index contributed by atoms with van der Waals surface area (Å²) < 4.78 is 1.00. The third-order valence-corrected chi connectivity index (χ3v) is 3.89. The number of carbonyl (C=O) groups is 1. The van der Waals surface area contributed by atoms with Gasteiger partial charge in [0.1, 0.15) is 5.92 Å². The van der Waals surface area contributed by atoms with E-state index in [-0.39, 0.29) is 17.9 Å². The molecule has 1 rings (SSSR count). The number of nitrogens with one attached hydrogen (secondary N) is 1. The van der Waals surface area contributed by atoms with Crippen molar-refractivity contribution < 1.29 is 4.79 Å². The summed E-state index contributed by atoms with van der Waals surface area (Å²) in [6.45, 7) is 5.84. The smallest absolute Gasteiger partial charge is 0.238 e. The molecule has 0 fully saturated rings. The lowest BCUT2D eigenvalue weighted by atomic mass is 9.92. The van der Waals surface area contributed by atoms with E-state index in [2.05, 4.69) is 27.3 Å². The molecule has 0 heterocycles. The Bertz CT molecular complexity index is 464. The lowest BCUT2D eigenvalue weighted by Crippen LogP contribution is -2.35. The van der Waals surface area contributed by atoms with Gasteiger partial charge in [-0.25, -0.2) is 0 Å². The summed E-state index contributed by atoms with van der Waals surface area (Å²) in [5, 5.41) is 12.0. The van der Waals surface area contributed by atoms with Crippen LogP contribution in [0.3, 0.4) is 0 Å². The number of rotatable bonds is 5. The van der Waals surface area contributed by atoms with Crippen molar-refractivity contribution in [3.63, 3.8) is 0 Å². The Hall–Kier alpha value is -1.34. The van der Waals surface area contributed by atoms with Gasteiger partial charge in [0.2, 0.25) is 5.91 Å². The minimum Gasteiger partial charge on any atom is -0.348 e. The van der Waals surface area contributed by atoms with Crippen LogP contribution in [0.25, 0.3) is 0 Å². The normalized spacial score (nSPS) is 15.1. The highest BCUT2D eigenvalue weighted by atomic mass is 79.9. The summed E-state index contributed by atoms with van der Waals surface area (Å²) in [4.78, 5) is 12.1. The van der Waals surface area contributed by atoms with Crippen LogP contribution in [0.15, 0.2) is 28.7 Å². The largest absolute Gasteiger partial charge is 0.348 e. The number of nitrogens with zero attached hydrogens (tertiary/aromatic N) is 1. The van der Waals surface area contributed by atoms with Crippen LogP contribution in [0.1, 0.15) is 38.8 Å². The van der Waals surface area contributed by atoms with Crippen LogP contribution in [0, 0.1) is 23.2 Å². The van der Waals surface area contributed by atoms with Crippen molar-refractivity contribution in [1.82, 2.24) is 5.32 Å². The highest BCUT2D eigenvalue weighted by molar-refractivity contribution is 9.10. The van der Waals surface area contributed by atoms with E-state index in [0.29, 0.717) is 0 Å². The molecule has 0 saturated heterocycles. The van der Waals surface area contributed by atoms with Crippen LogP contribution < -0.4 is 5.32 Å². The highest BCUT2D eigenvalue weighted by Crippen LogP contribution is 2.19. The minimum atomic E-state index is -0.581. The summed E-state index contributed by atoms with van der Waals surface area (Å²) in [6, 6.07) is 9.80. The standard InChI is InChI=1S/C15H19BrN2O/c1-4-10(2)14(9-17)15(19)18-11(3)12-5-7-13(16)8-6-12/h5-8,10-11,14H,4H2,1-3H3,(H,18,19). The van der Waals surface area contributed by atoms with E-state index in [1.807, 2.05) is 45.0 Å². The zero-order valence-corrected chi connectivity index (χ0v) is 13.1. The van der Waals surface area contributed by atoms with Crippen molar-refractivity contribution in [2.24, 2.45) is 11.8 Å². The van der Waals surface area contributed by atoms with Gasteiger partial charge in [-0.05, 0) is 30.5 Å². The molecule has 4 heteroatoms. The van der Waals surface area contributed by atoms with Gasteiger partial charge >= 0.3 is 0 Å². The van der Waals surface area contributed by atoms with Crippen molar-refractivity contribution >= 4 is 21.8 Å². The predicted octanol–water partition coefficient (Wildman–Crippen LogP) is 3.81. The minimum absolute atomic E-state index is 0.0714. The number of carbonyl (C=O) groups excluding carboxylic acids is 1. The second-order valence-corrected chi connectivity index (χ2v) is 5.69. The monoisotopic (exact) mass is 322 g/mol. The van der Waals surface area contributed by atoms with Gasteiger partial charge in [-0.1, -0.05) is 48.3 Å². The van der Waals surface area contributed by atoms with Gasteiger partial charge in [-0.2, -0.15) is 5.26 Å². The van der Waals surface area contributed by atoms with Gasteiger partial charge in [0.15, 0.2) is 0 Å². The molecule has 0 saturated carbocycles. The number of amides is 1.